The Labute approximate surface area is 85.3 Å². The average Bonchev–Trinajstić information content (AvgIpc) is 2.17. The largest absolute Gasteiger partial charge is 0.394 e. The maximum Gasteiger partial charge on any atom is 0.269 e. The number of nitrogens with two attached hydrogens (primary N) is 1. The first kappa shape index (κ1) is 10.9. The highest BCUT2D eigenvalue weighted by molar-refractivity contribution is 6.31. The Hall–Kier alpha value is -1.17. The van der Waals surface area contributed by atoms with E-state index in [1.165, 1.54) is 18.2 Å². The third kappa shape index (κ3) is 2.20. The number of nitrogens with zero attached hydrogens (tertiary/aromatic N) is 1. The van der Waals surface area contributed by atoms with Gasteiger partial charge in [-0.05, 0) is 11.6 Å². The van der Waals surface area contributed by atoms with E-state index in [2.05, 4.69) is 0 Å². The number of rotatable bonds is 3. The lowest BCUT2D eigenvalue weighted by Crippen LogP contribution is -2.15. The number of nitro groups is 1. The maximum absolute atomic E-state index is 10.4. The molecule has 0 aliphatic carbocycles. The Morgan fingerprint density at radius 2 is 2.29 bits per heavy atom. The fourth-order valence-corrected chi connectivity index (χ4v) is 1.28. The Morgan fingerprint density at radius 3 is 2.79 bits per heavy atom. The van der Waals surface area contributed by atoms with E-state index in [4.69, 9.17) is 22.4 Å². The number of hydrogen-bond donors (Lipinski definition) is 2. The van der Waals surface area contributed by atoms with Crippen molar-refractivity contribution in [3.05, 3.63) is 38.9 Å². The van der Waals surface area contributed by atoms with Crippen molar-refractivity contribution in [2.75, 3.05) is 6.61 Å². The third-order valence-corrected chi connectivity index (χ3v) is 2.13. The summed E-state index contributed by atoms with van der Waals surface area (Å²) in [5, 5.41) is 19.5. The van der Waals surface area contributed by atoms with Gasteiger partial charge in [-0.2, -0.15) is 0 Å². The summed E-state index contributed by atoms with van der Waals surface area (Å²) >= 11 is 5.76. The van der Waals surface area contributed by atoms with Gasteiger partial charge in [0, 0.05) is 17.2 Å². The summed E-state index contributed by atoms with van der Waals surface area (Å²) in [4.78, 5) is 9.90. The van der Waals surface area contributed by atoms with Crippen LogP contribution in [-0.4, -0.2) is 16.6 Å². The van der Waals surface area contributed by atoms with Crippen molar-refractivity contribution in [3.63, 3.8) is 0 Å². The van der Waals surface area contributed by atoms with E-state index >= 15 is 0 Å². The number of halogens is 1. The number of non-ortho nitro benzene ring substituents is 1. The molecule has 76 valence electrons. The third-order valence-electron chi connectivity index (χ3n) is 1.79. The number of benzene rings is 1. The lowest BCUT2D eigenvalue weighted by molar-refractivity contribution is -0.384. The highest BCUT2D eigenvalue weighted by Crippen LogP contribution is 2.25. The molecular formula is C8H9ClN2O3. The van der Waals surface area contributed by atoms with Crippen molar-refractivity contribution in [3.8, 4) is 0 Å². The Kier molecular flexibility index (Phi) is 3.40. The molecule has 0 radical (unpaired) electrons. The first-order valence-corrected chi connectivity index (χ1v) is 4.24. The minimum atomic E-state index is -0.692. The molecule has 6 heteroatoms. The predicted molar refractivity (Wildman–Crippen MR) is 52.1 cm³/mol. The van der Waals surface area contributed by atoms with Gasteiger partial charge in [0.2, 0.25) is 0 Å². The second-order valence-corrected chi connectivity index (χ2v) is 3.16. The van der Waals surface area contributed by atoms with Gasteiger partial charge in [0.15, 0.2) is 0 Å². The minimum absolute atomic E-state index is 0.0895. The normalized spacial score (nSPS) is 12.5. The summed E-state index contributed by atoms with van der Waals surface area (Å²) in [5.74, 6) is 0. The van der Waals surface area contributed by atoms with Gasteiger partial charge in [0.25, 0.3) is 5.69 Å². The molecule has 14 heavy (non-hydrogen) atoms. The highest BCUT2D eigenvalue weighted by atomic mass is 35.5. The van der Waals surface area contributed by atoms with Crippen LogP contribution in [0.4, 0.5) is 5.69 Å². The SMILES string of the molecule is N[C@H](CO)c1cc([N+](=O)[O-])ccc1Cl. The molecule has 1 rings (SSSR count). The zero-order valence-corrected chi connectivity index (χ0v) is 7.94. The molecule has 0 amide bonds. The monoisotopic (exact) mass is 216 g/mol. The summed E-state index contributed by atoms with van der Waals surface area (Å²) in [7, 11) is 0. The van der Waals surface area contributed by atoms with Crippen LogP contribution in [0.5, 0.6) is 0 Å². The van der Waals surface area contributed by atoms with Gasteiger partial charge in [0.05, 0.1) is 17.6 Å². The van der Waals surface area contributed by atoms with Gasteiger partial charge in [-0.15, -0.1) is 0 Å². The topological polar surface area (TPSA) is 89.4 Å². The fraction of sp³-hybridized carbons (Fsp3) is 0.250. The van der Waals surface area contributed by atoms with Crippen LogP contribution in [0.2, 0.25) is 5.02 Å². The molecule has 0 heterocycles. The van der Waals surface area contributed by atoms with Crippen LogP contribution in [0.15, 0.2) is 18.2 Å². The van der Waals surface area contributed by atoms with E-state index in [1.54, 1.807) is 0 Å². The summed E-state index contributed by atoms with van der Waals surface area (Å²) in [5.41, 5.74) is 5.80. The molecule has 0 fully saturated rings. The van der Waals surface area contributed by atoms with Crippen LogP contribution in [0.25, 0.3) is 0 Å². The Balaban J connectivity index is 3.14. The molecule has 0 aromatic heterocycles. The Bertz CT molecular complexity index is 356. The molecule has 0 spiro atoms. The van der Waals surface area contributed by atoms with Crippen LogP contribution >= 0.6 is 11.6 Å². The van der Waals surface area contributed by atoms with Crippen molar-refractivity contribution in [1.82, 2.24) is 0 Å². The molecule has 0 saturated carbocycles. The van der Waals surface area contributed by atoms with Crippen LogP contribution in [0.3, 0.4) is 0 Å². The van der Waals surface area contributed by atoms with Crippen molar-refractivity contribution in [1.29, 1.82) is 0 Å². The van der Waals surface area contributed by atoms with Crippen LogP contribution in [-0.2, 0) is 0 Å². The first-order valence-electron chi connectivity index (χ1n) is 3.86. The van der Waals surface area contributed by atoms with Crippen molar-refractivity contribution >= 4 is 17.3 Å². The molecule has 1 aromatic carbocycles. The Morgan fingerprint density at radius 1 is 1.64 bits per heavy atom. The summed E-state index contributed by atoms with van der Waals surface area (Å²) in [6.07, 6.45) is 0. The maximum atomic E-state index is 10.4. The van der Waals surface area contributed by atoms with E-state index in [9.17, 15) is 10.1 Å². The fourth-order valence-electron chi connectivity index (χ4n) is 1.03. The number of hydrogen-bond acceptors (Lipinski definition) is 4. The summed E-state index contributed by atoms with van der Waals surface area (Å²) in [6, 6.07) is 3.26. The molecule has 3 N–H and O–H groups in total. The molecule has 0 aliphatic rings. The quantitative estimate of drug-likeness (QED) is 0.588. The number of aliphatic hydroxyl groups is 1. The van der Waals surface area contributed by atoms with E-state index in [0.717, 1.165) is 0 Å². The minimum Gasteiger partial charge on any atom is -0.394 e. The molecule has 1 aromatic rings. The number of aliphatic hydroxyl groups excluding tert-OH is 1. The molecular weight excluding hydrogens is 208 g/mol. The van der Waals surface area contributed by atoms with Crippen LogP contribution in [0, 0.1) is 10.1 Å². The van der Waals surface area contributed by atoms with Gasteiger partial charge < -0.3 is 10.8 Å². The molecule has 0 saturated heterocycles. The summed E-state index contributed by atoms with van der Waals surface area (Å²) in [6.45, 7) is -0.305. The first-order chi connectivity index (χ1) is 6.56. The lowest BCUT2D eigenvalue weighted by Gasteiger charge is -2.09. The van der Waals surface area contributed by atoms with Gasteiger partial charge in [-0.25, -0.2) is 0 Å². The van der Waals surface area contributed by atoms with Gasteiger partial charge in [-0.3, -0.25) is 10.1 Å². The molecule has 1 atom stereocenters. The van der Waals surface area contributed by atoms with E-state index in [0.29, 0.717) is 10.6 Å². The average molecular weight is 217 g/mol. The van der Waals surface area contributed by atoms with E-state index in [-0.39, 0.29) is 12.3 Å². The second kappa shape index (κ2) is 4.36. The second-order valence-electron chi connectivity index (χ2n) is 2.75. The molecule has 5 nitrogen and oxygen atoms in total. The standard InChI is InChI=1S/C8H9ClN2O3/c9-7-2-1-5(11(13)14)3-6(7)8(10)4-12/h1-3,8,12H,4,10H2/t8-/m1/s1. The van der Waals surface area contributed by atoms with Crippen molar-refractivity contribution in [2.24, 2.45) is 5.73 Å². The smallest absolute Gasteiger partial charge is 0.269 e. The van der Waals surface area contributed by atoms with Crippen molar-refractivity contribution in [2.45, 2.75) is 6.04 Å². The van der Waals surface area contributed by atoms with Gasteiger partial charge in [-0.1, -0.05) is 11.6 Å². The van der Waals surface area contributed by atoms with Crippen LogP contribution < -0.4 is 5.73 Å². The molecule has 0 bridgehead atoms. The van der Waals surface area contributed by atoms with E-state index in [1.807, 2.05) is 0 Å². The van der Waals surface area contributed by atoms with Gasteiger partial charge in [0.1, 0.15) is 0 Å². The highest BCUT2D eigenvalue weighted by Gasteiger charge is 2.14. The van der Waals surface area contributed by atoms with Gasteiger partial charge >= 0.3 is 0 Å². The summed E-state index contributed by atoms with van der Waals surface area (Å²) < 4.78 is 0. The number of nitro benzene ring substituents is 1. The van der Waals surface area contributed by atoms with Crippen LogP contribution in [0.1, 0.15) is 11.6 Å². The van der Waals surface area contributed by atoms with Crippen molar-refractivity contribution < 1.29 is 10.0 Å². The predicted octanol–water partition coefficient (Wildman–Crippen LogP) is 1.24. The van der Waals surface area contributed by atoms with E-state index < -0.39 is 11.0 Å². The zero-order chi connectivity index (χ0) is 10.7. The lowest BCUT2D eigenvalue weighted by atomic mass is 10.1. The molecule has 0 aliphatic heterocycles. The molecule has 0 unspecified atom stereocenters. The zero-order valence-electron chi connectivity index (χ0n) is 7.18.